The number of para-hydroxylation sites is 5. The lowest BCUT2D eigenvalue weighted by atomic mass is 9.95. The Balaban J connectivity index is 0.468. The zero-order valence-electron chi connectivity index (χ0n) is 80.4. The van der Waals surface area contributed by atoms with Crippen molar-refractivity contribution >= 4 is 150 Å². The van der Waals surface area contributed by atoms with Gasteiger partial charge in [0, 0.05) is 123 Å². The van der Waals surface area contributed by atoms with Crippen molar-refractivity contribution in [2.75, 3.05) is 0 Å². The van der Waals surface area contributed by atoms with Crippen molar-refractivity contribution < 1.29 is 0 Å². The molecule has 150 heavy (non-hydrogen) atoms. The van der Waals surface area contributed by atoms with Crippen LogP contribution in [0.3, 0.4) is 0 Å². The Hall–Kier alpha value is -19.7. The summed E-state index contributed by atoms with van der Waals surface area (Å²) in [5, 5.41) is 13.9. The number of fused-ring (bicyclic) bond motifs is 18. The molecule has 0 fully saturated rings. The highest BCUT2D eigenvalue weighted by Crippen LogP contribution is 2.48. The van der Waals surface area contributed by atoms with Gasteiger partial charge >= 0.3 is 0 Å². The van der Waals surface area contributed by atoms with Gasteiger partial charge in [0.1, 0.15) is 0 Å². The van der Waals surface area contributed by atoms with Gasteiger partial charge < -0.3 is 4.57 Å². The number of hydrogen-bond acceptors (Lipinski definition) is 11. The van der Waals surface area contributed by atoms with Crippen LogP contribution in [0, 0.1) is 0 Å². The molecule has 0 aliphatic carbocycles. The molecule has 21 aromatic carbocycles. The lowest BCUT2D eigenvalue weighted by Gasteiger charge is -2.13. The van der Waals surface area contributed by atoms with Gasteiger partial charge in [-0.25, -0.2) is 15.0 Å². The molecule has 0 aliphatic heterocycles. The maximum absolute atomic E-state index is 5.52. The van der Waals surface area contributed by atoms with Gasteiger partial charge in [0.15, 0.2) is 34.9 Å². The quantitative estimate of drug-likeness (QED) is 0.0873. The number of hydrogen-bond donors (Lipinski definition) is 0. The average Bonchev–Trinajstić information content (AvgIpc) is 1.56. The fraction of sp³-hybridized carbons (Fsp3) is 0. The smallest absolute Gasteiger partial charge is 0.238 e. The second-order valence-electron chi connectivity index (χ2n) is 38.3. The van der Waals surface area contributed by atoms with Crippen molar-refractivity contribution in [3.8, 4) is 170 Å². The molecule has 698 valence electrons. The molecule has 15 heteroatoms. The Morgan fingerprint density at radius 3 is 0.627 bits per heavy atom. The maximum Gasteiger partial charge on any atom is 0.238 e. The van der Waals surface area contributed by atoms with Gasteiger partial charge in [-0.2, -0.15) is 29.9 Å². The van der Waals surface area contributed by atoms with E-state index in [-0.39, 0.29) is 0 Å². The standard InChI is InChI=1S/C135H81N13S2/c1-4-25-82(26-5-1)84-49-61-90(62-50-84)127-136-129(140-133(139-127)146-116-44-17-11-38-104(116)110-76-119-109(77-120(110)146)103-37-10-16-43-115(103)145(119)102-35-8-3-9-36-102)94-69-57-88(58-70-94)98-31-23-33-100(74-98)101-34-24-32-99(75-101)89-59-71-95(72-60-89)132-138-131(143-135(144-132)148-118-46-19-13-40-106(118)112-81-126-114(79-122(112)148)108-42-15-21-48-124(108)150-126)93-67-55-87(56-68-93)97-30-22-29-96(73-97)86-53-65-92(66-54-86)130-137-128(91-63-51-85(52-64-91)83-27-6-2-7-28-83)141-134(142-130)147-117-45-18-12-39-105(117)111-80-125-113(78-121(111)147)107-41-14-20-47-123(107)149-125/h1-81H. The molecule has 0 N–H and O–H groups in total. The van der Waals surface area contributed by atoms with Crippen LogP contribution in [0.1, 0.15) is 0 Å². The Morgan fingerprint density at radius 2 is 0.327 bits per heavy atom. The molecule has 0 aliphatic rings. The van der Waals surface area contributed by atoms with E-state index in [1.807, 2.05) is 34.8 Å². The SMILES string of the molecule is c1ccc(-c2ccc(-c3nc(-c4ccc(-c5cccc(-c6ccc(-c7nc(-c8ccc(-c9cccc(-c%10cccc(-c%11ccc(-c%12nc(-c%13ccc(-c%14ccccc%14)cc%13)nc(-n%13c%14ccccc%14c%14cc%15c(cc%14%13)c%13ccccc%13n%15-c%13ccccc%13)n%12)cc%11)c%10)c9)cc8)nc(-n8c9ccccc9c9cc%10sc%11ccccc%11c%10cc98)n7)cc6)c5)cc4)nc(-n4c5ccccc5c5cc6sc7ccccc7c6cc54)n3)cc2)cc1. The third-order valence-corrected chi connectivity index (χ3v) is 31.9. The first-order valence-corrected chi connectivity index (χ1v) is 52.0. The summed E-state index contributed by atoms with van der Waals surface area (Å²) in [6.07, 6.45) is 0. The summed E-state index contributed by atoms with van der Waals surface area (Å²) < 4.78 is 14.0. The summed E-state index contributed by atoms with van der Waals surface area (Å²) in [5.41, 5.74) is 29.9. The molecule has 0 saturated carbocycles. The Labute approximate surface area is 868 Å². The predicted molar refractivity (Wildman–Crippen MR) is 620 cm³/mol. The molecule has 13 nitrogen and oxygen atoms in total. The zero-order valence-corrected chi connectivity index (χ0v) is 82.0. The van der Waals surface area contributed by atoms with Gasteiger partial charge in [0.05, 0.1) is 44.1 Å². The highest BCUT2D eigenvalue weighted by molar-refractivity contribution is 7.26. The van der Waals surface area contributed by atoms with Crippen molar-refractivity contribution in [1.29, 1.82) is 0 Å². The molecule has 0 saturated heterocycles. The highest BCUT2D eigenvalue weighted by atomic mass is 32.1. The van der Waals surface area contributed by atoms with Crippen molar-refractivity contribution in [2.24, 2.45) is 0 Å². The molecule has 30 aromatic rings. The number of thiophene rings is 2. The van der Waals surface area contributed by atoms with Gasteiger partial charge in [-0.15, -0.1) is 22.7 Å². The topological polar surface area (TPSA) is 136 Å². The molecule has 9 heterocycles. The molecule has 30 rings (SSSR count). The highest BCUT2D eigenvalue weighted by Gasteiger charge is 2.28. The molecule has 0 amide bonds. The van der Waals surface area contributed by atoms with Gasteiger partial charge in [0.2, 0.25) is 17.8 Å². The third-order valence-electron chi connectivity index (χ3n) is 29.6. The minimum absolute atomic E-state index is 0.523. The molecule has 0 bridgehead atoms. The zero-order chi connectivity index (χ0) is 98.5. The van der Waals surface area contributed by atoms with Crippen LogP contribution in [-0.2, 0) is 0 Å². The predicted octanol–water partition coefficient (Wildman–Crippen LogP) is 35.0. The van der Waals surface area contributed by atoms with Crippen LogP contribution in [0.15, 0.2) is 491 Å². The van der Waals surface area contributed by atoms with Crippen LogP contribution in [-0.4, -0.2) is 63.1 Å². The fourth-order valence-corrected chi connectivity index (χ4v) is 24.5. The van der Waals surface area contributed by atoms with Gasteiger partial charge in [-0.1, -0.05) is 388 Å². The van der Waals surface area contributed by atoms with Crippen LogP contribution in [0.25, 0.3) is 297 Å². The minimum Gasteiger partial charge on any atom is -0.309 e. The van der Waals surface area contributed by atoms with Crippen molar-refractivity contribution in [3.63, 3.8) is 0 Å². The normalized spacial score (nSPS) is 11.9. The molecule has 0 radical (unpaired) electrons. The van der Waals surface area contributed by atoms with E-state index in [2.05, 4.69) is 498 Å². The van der Waals surface area contributed by atoms with Gasteiger partial charge in [-0.3, -0.25) is 13.7 Å². The Kier molecular flexibility index (Phi) is 20.1. The largest absolute Gasteiger partial charge is 0.309 e. The summed E-state index contributed by atoms with van der Waals surface area (Å²) in [4.78, 5) is 48.8. The first-order chi connectivity index (χ1) is 74.3. The van der Waals surface area contributed by atoms with E-state index < -0.39 is 0 Å². The van der Waals surface area contributed by atoms with E-state index in [1.165, 1.54) is 45.7 Å². The van der Waals surface area contributed by atoms with E-state index >= 15 is 0 Å². The van der Waals surface area contributed by atoms with Gasteiger partial charge in [-0.05, 0) is 181 Å². The van der Waals surface area contributed by atoms with E-state index in [0.717, 1.165) is 199 Å². The number of nitrogens with zero attached hydrogens (tertiary/aromatic N) is 13. The monoisotopic (exact) mass is 1950 g/mol. The molecule has 0 spiro atoms. The molecule has 0 atom stereocenters. The number of benzene rings is 21. The minimum atomic E-state index is 0.523. The van der Waals surface area contributed by atoms with Crippen LogP contribution in [0.2, 0.25) is 0 Å². The van der Waals surface area contributed by atoms with Crippen LogP contribution < -0.4 is 0 Å². The van der Waals surface area contributed by atoms with E-state index in [9.17, 15) is 0 Å². The van der Waals surface area contributed by atoms with Crippen molar-refractivity contribution in [2.45, 2.75) is 0 Å². The summed E-state index contributed by atoms with van der Waals surface area (Å²) >= 11 is 3.65. The van der Waals surface area contributed by atoms with Gasteiger partial charge in [0.25, 0.3) is 0 Å². The maximum atomic E-state index is 5.52. The summed E-state index contributed by atoms with van der Waals surface area (Å²) in [6, 6.07) is 175. The van der Waals surface area contributed by atoms with Crippen LogP contribution in [0.4, 0.5) is 0 Å². The first-order valence-electron chi connectivity index (χ1n) is 50.3. The summed E-state index contributed by atoms with van der Waals surface area (Å²) in [6.45, 7) is 0. The Morgan fingerprint density at radius 1 is 0.120 bits per heavy atom. The van der Waals surface area contributed by atoms with Crippen molar-refractivity contribution in [1.82, 2.24) is 63.1 Å². The molecule has 0 unspecified atom stereocenters. The molecular weight excluding hydrogens is 1870 g/mol. The second-order valence-corrected chi connectivity index (χ2v) is 40.5. The average molecular weight is 1950 g/mol. The molecule has 9 aromatic heterocycles. The lowest BCUT2D eigenvalue weighted by molar-refractivity contribution is 0.953. The summed E-state index contributed by atoms with van der Waals surface area (Å²) in [7, 11) is 0. The van der Waals surface area contributed by atoms with Crippen LogP contribution in [0.5, 0.6) is 0 Å². The van der Waals surface area contributed by atoms with E-state index in [0.29, 0.717) is 52.8 Å². The third kappa shape index (κ3) is 14.7. The molecular formula is C135H81N13S2. The van der Waals surface area contributed by atoms with E-state index in [1.54, 1.807) is 0 Å². The number of aromatic nitrogens is 13. The lowest BCUT2D eigenvalue weighted by Crippen LogP contribution is -2.06. The first kappa shape index (κ1) is 85.8. The van der Waals surface area contributed by atoms with E-state index in [4.69, 9.17) is 44.9 Å². The summed E-state index contributed by atoms with van der Waals surface area (Å²) in [5.74, 6) is 4.99. The second kappa shape index (κ2) is 35.1. The van der Waals surface area contributed by atoms with Crippen LogP contribution >= 0.6 is 22.7 Å². The van der Waals surface area contributed by atoms with Crippen molar-refractivity contribution in [3.05, 3.63) is 491 Å². The number of rotatable bonds is 17. The Bertz CT molecular complexity index is 10700. The fourth-order valence-electron chi connectivity index (χ4n) is 22.2.